The van der Waals surface area contributed by atoms with Crippen molar-refractivity contribution in [1.29, 1.82) is 0 Å². The highest BCUT2D eigenvalue weighted by Crippen LogP contribution is 2.15. The van der Waals surface area contributed by atoms with Crippen LogP contribution in [-0.2, 0) is 9.47 Å². The van der Waals surface area contributed by atoms with Gasteiger partial charge in [-0.2, -0.15) is 0 Å². The van der Waals surface area contributed by atoms with Crippen LogP contribution in [0.4, 0.5) is 4.79 Å². The summed E-state index contributed by atoms with van der Waals surface area (Å²) in [7, 11) is 0. The van der Waals surface area contributed by atoms with E-state index < -0.39 is 6.16 Å². The molecule has 4 heteroatoms. The van der Waals surface area contributed by atoms with Gasteiger partial charge in [-0.05, 0) is 12.2 Å². The van der Waals surface area contributed by atoms with Gasteiger partial charge >= 0.3 is 6.16 Å². The Hall–Kier alpha value is -1.71. The fourth-order valence-corrected chi connectivity index (χ4v) is 0.769. The van der Waals surface area contributed by atoms with Crippen LogP contribution in [-0.4, -0.2) is 17.9 Å². The molecular formula is C8H8O4. The molecule has 1 heterocycles. The first-order valence-corrected chi connectivity index (χ1v) is 3.31. The van der Waals surface area contributed by atoms with Crippen molar-refractivity contribution in [2.75, 3.05) is 6.61 Å². The molecule has 0 saturated carbocycles. The lowest BCUT2D eigenvalue weighted by Crippen LogP contribution is -2.08. The summed E-state index contributed by atoms with van der Waals surface area (Å²) in [6, 6.07) is 0. The van der Waals surface area contributed by atoms with E-state index in [4.69, 9.17) is 9.84 Å². The number of carboxylic acid groups (broad SMARTS) is 1. The second-order valence-corrected chi connectivity index (χ2v) is 2.03. The van der Waals surface area contributed by atoms with Crippen molar-refractivity contribution in [2.24, 2.45) is 0 Å². The molecule has 1 rings (SSSR count). The molecule has 1 aliphatic rings. The van der Waals surface area contributed by atoms with Crippen LogP contribution in [0.3, 0.4) is 0 Å². The van der Waals surface area contributed by atoms with Gasteiger partial charge < -0.3 is 14.6 Å². The van der Waals surface area contributed by atoms with Gasteiger partial charge in [0.05, 0.1) is 5.57 Å². The Labute approximate surface area is 69.4 Å². The van der Waals surface area contributed by atoms with Gasteiger partial charge in [0.1, 0.15) is 6.61 Å². The lowest BCUT2D eigenvalue weighted by molar-refractivity contribution is 0.0447. The van der Waals surface area contributed by atoms with Gasteiger partial charge in [0.15, 0.2) is 0 Å². The summed E-state index contributed by atoms with van der Waals surface area (Å²) in [5.74, 6) is -0.0139. The molecule has 0 aromatic heterocycles. The normalized spacial score (nSPS) is 15.3. The van der Waals surface area contributed by atoms with Crippen molar-refractivity contribution >= 4 is 6.16 Å². The molecule has 0 bridgehead atoms. The van der Waals surface area contributed by atoms with E-state index in [1.165, 1.54) is 6.08 Å². The summed E-state index contributed by atoms with van der Waals surface area (Å²) in [5, 5.41) is 8.28. The molecular weight excluding hydrogens is 160 g/mol. The Morgan fingerprint density at radius 3 is 3.17 bits per heavy atom. The summed E-state index contributed by atoms with van der Waals surface area (Å²) in [6.45, 7) is 3.80. The Balaban J connectivity index is 2.80. The number of allylic oxidation sites excluding steroid dienone is 3. The van der Waals surface area contributed by atoms with Crippen LogP contribution in [0.15, 0.2) is 36.3 Å². The lowest BCUT2D eigenvalue weighted by atomic mass is 10.2. The fourth-order valence-electron chi connectivity index (χ4n) is 0.769. The lowest BCUT2D eigenvalue weighted by Gasteiger charge is -2.12. The number of hydrogen-bond donors (Lipinski definition) is 1. The van der Waals surface area contributed by atoms with E-state index in [-0.39, 0.29) is 5.95 Å². The zero-order chi connectivity index (χ0) is 8.97. The highest BCUT2D eigenvalue weighted by molar-refractivity contribution is 5.59. The molecule has 0 radical (unpaired) electrons. The zero-order valence-corrected chi connectivity index (χ0v) is 6.32. The third-order valence-electron chi connectivity index (χ3n) is 1.24. The predicted molar refractivity (Wildman–Crippen MR) is 41.4 cm³/mol. The van der Waals surface area contributed by atoms with Crippen LogP contribution in [0.2, 0.25) is 0 Å². The maximum absolute atomic E-state index is 10.1. The van der Waals surface area contributed by atoms with Crippen LogP contribution >= 0.6 is 0 Å². The minimum Gasteiger partial charge on any atom is -0.460 e. The molecule has 1 N–H and O–H groups in total. The van der Waals surface area contributed by atoms with Crippen molar-refractivity contribution in [3.05, 3.63) is 36.3 Å². The average Bonchev–Trinajstić information content (AvgIpc) is 2.04. The molecule has 0 fully saturated rings. The molecule has 0 spiro atoms. The molecule has 64 valence electrons. The van der Waals surface area contributed by atoms with Crippen LogP contribution in [0.5, 0.6) is 0 Å². The van der Waals surface area contributed by atoms with Crippen molar-refractivity contribution in [2.45, 2.75) is 0 Å². The second-order valence-electron chi connectivity index (χ2n) is 2.03. The predicted octanol–water partition coefficient (Wildman–Crippen LogP) is 1.66. The Morgan fingerprint density at radius 2 is 2.58 bits per heavy atom. The SMILES string of the molecule is C=CC1=C(OC(=O)O)OCC=C1. The van der Waals surface area contributed by atoms with E-state index >= 15 is 0 Å². The van der Waals surface area contributed by atoms with E-state index in [1.54, 1.807) is 12.2 Å². The molecule has 0 amide bonds. The maximum atomic E-state index is 10.1. The topological polar surface area (TPSA) is 55.8 Å². The van der Waals surface area contributed by atoms with Gasteiger partial charge in [-0.3, -0.25) is 0 Å². The number of ether oxygens (including phenoxy) is 2. The van der Waals surface area contributed by atoms with E-state index in [0.717, 1.165) is 0 Å². The molecule has 0 unspecified atom stereocenters. The first-order chi connectivity index (χ1) is 5.74. The summed E-state index contributed by atoms with van der Waals surface area (Å²) in [6.07, 6.45) is 3.51. The monoisotopic (exact) mass is 168 g/mol. The van der Waals surface area contributed by atoms with Crippen LogP contribution in [0.25, 0.3) is 0 Å². The summed E-state index contributed by atoms with van der Waals surface area (Å²) >= 11 is 0. The number of rotatable bonds is 2. The first kappa shape index (κ1) is 8.39. The molecule has 12 heavy (non-hydrogen) atoms. The molecule has 0 saturated heterocycles. The smallest absolute Gasteiger partial charge is 0.460 e. The number of carbonyl (C=O) groups is 1. The van der Waals surface area contributed by atoms with E-state index in [9.17, 15) is 4.79 Å². The summed E-state index contributed by atoms with van der Waals surface area (Å²) < 4.78 is 9.26. The van der Waals surface area contributed by atoms with Gasteiger partial charge in [-0.1, -0.05) is 12.7 Å². The maximum Gasteiger partial charge on any atom is 0.513 e. The number of hydrogen-bond acceptors (Lipinski definition) is 3. The minimum absolute atomic E-state index is 0.0139. The zero-order valence-electron chi connectivity index (χ0n) is 6.32. The Bertz CT molecular complexity index is 262. The average molecular weight is 168 g/mol. The quantitative estimate of drug-likeness (QED) is 0.637. The largest absolute Gasteiger partial charge is 0.513 e. The Morgan fingerprint density at radius 1 is 1.83 bits per heavy atom. The molecule has 4 nitrogen and oxygen atoms in total. The van der Waals surface area contributed by atoms with Gasteiger partial charge in [-0.15, -0.1) is 0 Å². The van der Waals surface area contributed by atoms with Gasteiger partial charge in [0.25, 0.3) is 5.95 Å². The molecule has 0 aromatic carbocycles. The van der Waals surface area contributed by atoms with Crippen molar-refractivity contribution in [3.63, 3.8) is 0 Å². The second kappa shape index (κ2) is 3.61. The van der Waals surface area contributed by atoms with Crippen molar-refractivity contribution in [3.8, 4) is 0 Å². The minimum atomic E-state index is -1.39. The molecule has 0 aliphatic carbocycles. The van der Waals surface area contributed by atoms with Gasteiger partial charge in [0.2, 0.25) is 0 Å². The molecule has 1 aliphatic heterocycles. The van der Waals surface area contributed by atoms with Gasteiger partial charge in [-0.25, -0.2) is 4.79 Å². The fraction of sp³-hybridized carbons (Fsp3) is 0.125. The Kier molecular flexibility index (Phi) is 2.53. The summed E-state index contributed by atoms with van der Waals surface area (Å²) in [4.78, 5) is 10.1. The van der Waals surface area contributed by atoms with Crippen molar-refractivity contribution < 1.29 is 19.4 Å². The first-order valence-electron chi connectivity index (χ1n) is 3.31. The van der Waals surface area contributed by atoms with Crippen LogP contribution < -0.4 is 0 Å². The standard InChI is InChI=1S/C8H8O4/c1-2-6-4-3-5-11-7(6)12-8(9)10/h2-4H,1,5H2,(H,9,10). The van der Waals surface area contributed by atoms with E-state index in [2.05, 4.69) is 11.3 Å². The van der Waals surface area contributed by atoms with E-state index in [0.29, 0.717) is 12.2 Å². The highest BCUT2D eigenvalue weighted by Gasteiger charge is 2.11. The third kappa shape index (κ3) is 1.88. The molecule has 0 aromatic rings. The summed E-state index contributed by atoms with van der Waals surface area (Å²) in [5.41, 5.74) is 0.531. The highest BCUT2D eigenvalue weighted by atomic mass is 16.7. The van der Waals surface area contributed by atoms with E-state index in [1.807, 2.05) is 0 Å². The molecule has 0 atom stereocenters. The van der Waals surface area contributed by atoms with Crippen LogP contribution in [0, 0.1) is 0 Å². The van der Waals surface area contributed by atoms with Gasteiger partial charge in [0, 0.05) is 0 Å². The van der Waals surface area contributed by atoms with Crippen molar-refractivity contribution in [1.82, 2.24) is 0 Å². The third-order valence-corrected chi connectivity index (χ3v) is 1.24. The van der Waals surface area contributed by atoms with Crippen LogP contribution in [0.1, 0.15) is 0 Å².